The van der Waals surface area contributed by atoms with Crippen LogP contribution in [0, 0.1) is 11.8 Å². The summed E-state index contributed by atoms with van der Waals surface area (Å²) in [7, 11) is 0. The van der Waals surface area contributed by atoms with Gasteiger partial charge in [-0.15, -0.1) is 24.9 Å². The summed E-state index contributed by atoms with van der Waals surface area (Å²) in [6.45, 7) is 14.1. The van der Waals surface area contributed by atoms with E-state index in [0.29, 0.717) is 58.5 Å². The molecule has 4 aliphatic heterocycles. The molecule has 1 N–H and O–H groups in total. The number of thioether (sulfide) groups is 1. The van der Waals surface area contributed by atoms with Crippen LogP contribution in [0.4, 0.5) is 0 Å². The van der Waals surface area contributed by atoms with E-state index in [0.717, 1.165) is 18.7 Å². The molecule has 2 bridgehead atoms. The van der Waals surface area contributed by atoms with E-state index in [2.05, 4.69) is 18.1 Å². The van der Waals surface area contributed by atoms with E-state index < -0.39 is 33.4 Å². The van der Waals surface area contributed by atoms with E-state index in [1.807, 2.05) is 37.3 Å². The maximum absolute atomic E-state index is 14.8. The second-order valence-electron chi connectivity index (χ2n) is 12.3. The zero-order valence-electron chi connectivity index (χ0n) is 25.2. The second-order valence-corrected chi connectivity index (χ2v) is 14.2. The van der Waals surface area contributed by atoms with Gasteiger partial charge in [0.1, 0.15) is 6.04 Å². The molecule has 4 fully saturated rings. The number of morpholine rings is 1. The molecule has 4 heterocycles. The van der Waals surface area contributed by atoms with Gasteiger partial charge in [0.2, 0.25) is 11.8 Å². The highest BCUT2D eigenvalue weighted by atomic mass is 32.2. The van der Waals surface area contributed by atoms with Gasteiger partial charge in [-0.1, -0.05) is 42.5 Å². The molecule has 1 aromatic rings. The minimum absolute atomic E-state index is 0.145. The van der Waals surface area contributed by atoms with Crippen molar-refractivity contribution in [1.29, 1.82) is 0 Å². The number of carbonyl (C=O) groups excluding carboxylic acids is 3. The number of nitrogens with zero attached hydrogens (tertiary/aromatic N) is 3. The van der Waals surface area contributed by atoms with Crippen LogP contribution >= 0.6 is 11.8 Å². The Hall–Kier alpha value is -2.66. The molecular weight excluding hydrogens is 566 g/mol. The third-order valence-corrected chi connectivity index (χ3v) is 11.6. The number of aliphatic hydroxyl groups is 1. The maximum atomic E-state index is 14.8. The minimum atomic E-state index is -0.812. The van der Waals surface area contributed by atoms with Gasteiger partial charge in [0, 0.05) is 37.5 Å². The summed E-state index contributed by atoms with van der Waals surface area (Å²) in [5.41, 5.74) is 0.967. The number of hydrogen-bond donors (Lipinski definition) is 1. The van der Waals surface area contributed by atoms with Crippen LogP contribution in [0.15, 0.2) is 55.6 Å². The number of likely N-dealkylation sites (tertiary alicyclic amines) is 1. The van der Waals surface area contributed by atoms with Crippen LogP contribution < -0.4 is 0 Å². The first-order valence-electron chi connectivity index (χ1n) is 15.4. The first kappa shape index (κ1) is 31.8. The second kappa shape index (κ2) is 13.5. The molecule has 4 saturated heterocycles. The van der Waals surface area contributed by atoms with Crippen LogP contribution in [-0.4, -0.2) is 118 Å². The minimum Gasteiger partial charge on any atom is -0.465 e. The van der Waals surface area contributed by atoms with Crippen LogP contribution in [0.1, 0.15) is 31.7 Å². The number of carbonyl (C=O) groups is 3. The van der Waals surface area contributed by atoms with Crippen LogP contribution in [0.5, 0.6) is 0 Å². The monoisotopic (exact) mass is 611 g/mol. The number of esters is 1. The lowest BCUT2D eigenvalue weighted by atomic mass is 9.66. The van der Waals surface area contributed by atoms with Crippen molar-refractivity contribution >= 4 is 29.5 Å². The summed E-state index contributed by atoms with van der Waals surface area (Å²) in [6, 6.07) is 8.29. The van der Waals surface area contributed by atoms with Crippen molar-refractivity contribution < 1.29 is 29.0 Å². The predicted octanol–water partition coefficient (Wildman–Crippen LogP) is 2.54. The molecule has 9 nitrogen and oxygen atoms in total. The van der Waals surface area contributed by atoms with Gasteiger partial charge in [-0.05, 0) is 38.2 Å². The first-order valence-corrected chi connectivity index (χ1v) is 16.3. The Kier molecular flexibility index (Phi) is 10.0. The molecule has 4 aliphatic rings. The van der Waals surface area contributed by atoms with E-state index in [1.54, 1.807) is 33.7 Å². The normalized spacial score (nSPS) is 30.6. The van der Waals surface area contributed by atoms with Crippen LogP contribution in [0.2, 0.25) is 0 Å². The van der Waals surface area contributed by atoms with Crippen LogP contribution in [0.25, 0.3) is 0 Å². The topological polar surface area (TPSA) is 99.6 Å². The highest BCUT2D eigenvalue weighted by Gasteiger charge is 2.78. The van der Waals surface area contributed by atoms with Crippen molar-refractivity contribution in [2.45, 2.75) is 54.2 Å². The van der Waals surface area contributed by atoms with Crippen molar-refractivity contribution in [1.82, 2.24) is 14.7 Å². The van der Waals surface area contributed by atoms with Crippen molar-refractivity contribution in [2.75, 3.05) is 59.2 Å². The first-order chi connectivity index (χ1) is 20.8. The Balaban J connectivity index is 1.50. The molecule has 43 heavy (non-hydrogen) atoms. The lowest BCUT2D eigenvalue weighted by molar-refractivity contribution is -0.156. The molecule has 1 spiro atoms. The van der Waals surface area contributed by atoms with Gasteiger partial charge in [-0.2, -0.15) is 0 Å². The van der Waals surface area contributed by atoms with Crippen molar-refractivity contribution in [3.05, 3.63) is 61.2 Å². The lowest BCUT2D eigenvalue weighted by Crippen LogP contribution is -2.58. The summed E-state index contributed by atoms with van der Waals surface area (Å²) in [4.78, 5) is 48.7. The van der Waals surface area contributed by atoms with E-state index in [1.165, 1.54) is 0 Å². The van der Waals surface area contributed by atoms with E-state index in [-0.39, 0.29) is 31.0 Å². The lowest BCUT2D eigenvalue weighted by Gasteiger charge is -2.40. The predicted molar refractivity (Wildman–Crippen MR) is 166 cm³/mol. The average molecular weight is 612 g/mol. The highest BCUT2D eigenvalue weighted by molar-refractivity contribution is 8.02. The van der Waals surface area contributed by atoms with Gasteiger partial charge in [0.05, 0.1) is 49.1 Å². The average Bonchev–Trinajstić information content (AvgIpc) is 3.59. The molecule has 6 atom stereocenters. The number of amides is 2. The van der Waals surface area contributed by atoms with E-state index in [9.17, 15) is 19.5 Å². The zero-order chi connectivity index (χ0) is 30.6. The smallest absolute Gasteiger partial charge is 0.311 e. The van der Waals surface area contributed by atoms with E-state index >= 15 is 0 Å². The summed E-state index contributed by atoms with van der Waals surface area (Å²) >= 11 is 1.62. The fourth-order valence-corrected chi connectivity index (χ4v) is 9.90. The SMILES string of the molecule is C=CCCOC(=O)[C@@H]1[C@H]2C(=O)N([C@@H](CO)Cc3ccccc3)C(C(=O)N(CC=C)CCN3CCOCC3)C23CC[C@@]1(C)S3. The van der Waals surface area contributed by atoms with Crippen LogP contribution in [0.3, 0.4) is 0 Å². The molecule has 2 unspecified atom stereocenters. The number of ether oxygens (including phenoxy) is 2. The largest absolute Gasteiger partial charge is 0.465 e. The molecular formula is C33H45N3O6S. The zero-order valence-corrected chi connectivity index (χ0v) is 26.0. The van der Waals surface area contributed by atoms with Crippen molar-refractivity contribution in [3.8, 4) is 0 Å². The molecule has 0 aromatic heterocycles. The fraction of sp³-hybridized carbons (Fsp3) is 0.606. The Labute approximate surface area is 259 Å². The molecule has 234 valence electrons. The van der Waals surface area contributed by atoms with E-state index in [4.69, 9.17) is 9.47 Å². The quantitative estimate of drug-likeness (QED) is 0.195. The summed E-state index contributed by atoms with van der Waals surface area (Å²) in [6.07, 6.45) is 5.70. The Morgan fingerprint density at radius 3 is 2.63 bits per heavy atom. The van der Waals surface area contributed by atoms with Crippen molar-refractivity contribution in [2.24, 2.45) is 11.8 Å². The van der Waals surface area contributed by atoms with Crippen LogP contribution in [-0.2, 0) is 30.3 Å². The number of rotatable bonds is 14. The molecule has 1 aromatic carbocycles. The number of aliphatic hydroxyl groups excluding tert-OH is 1. The molecule has 2 amide bonds. The molecule has 10 heteroatoms. The van der Waals surface area contributed by atoms with Gasteiger partial charge in [-0.3, -0.25) is 19.3 Å². The van der Waals surface area contributed by atoms with Gasteiger partial charge in [0.25, 0.3) is 0 Å². The number of benzene rings is 1. The molecule has 0 aliphatic carbocycles. The fourth-order valence-electron chi connectivity index (χ4n) is 7.57. The Morgan fingerprint density at radius 1 is 1.21 bits per heavy atom. The molecule has 0 saturated carbocycles. The summed E-state index contributed by atoms with van der Waals surface area (Å²) < 4.78 is 9.87. The molecule has 0 radical (unpaired) electrons. The third-order valence-electron chi connectivity index (χ3n) is 9.64. The van der Waals surface area contributed by atoms with Gasteiger partial charge in [0.15, 0.2) is 0 Å². The standard InChI is InChI=1S/C33H45N3O6S/c1-4-6-19-42-31(40)27-26-29(38)36(25(23-37)22-24-10-8-7-9-11-24)28(33(26)13-12-32(27,3)43-33)30(39)35(14-5-2)16-15-34-17-20-41-21-18-34/h4-5,7-11,25-28,37H,1-2,6,12-23H2,3H3/t25-,26+,27+,28?,32-,33?/m1/s1. The van der Waals surface area contributed by atoms with Gasteiger partial charge < -0.3 is 24.4 Å². The number of hydrogen-bond acceptors (Lipinski definition) is 8. The van der Waals surface area contributed by atoms with Crippen molar-refractivity contribution in [3.63, 3.8) is 0 Å². The Bertz CT molecular complexity index is 1190. The third kappa shape index (κ3) is 6.03. The maximum Gasteiger partial charge on any atom is 0.311 e. The highest BCUT2D eigenvalue weighted by Crippen LogP contribution is 2.71. The Morgan fingerprint density at radius 2 is 1.95 bits per heavy atom. The number of fused-ring (bicyclic) bond motifs is 1. The molecule has 5 rings (SSSR count). The summed E-state index contributed by atoms with van der Waals surface area (Å²) in [5.74, 6) is -2.13. The van der Waals surface area contributed by atoms with Gasteiger partial charge >= 0.3 is 5.97 Å². The van der Waals surface area contributed by atoms with Gasteiger partial charge in [-0.25, -0.2) is 0 Å². The summed E-state index contributed by atoms with van der Waals surface area (Å²) in [5, 5.41) is 10.7.